The van der Waals surface area contributed by atoms with Crippen LogP contribution in [-0.4, -0.2) is 25.2 Å². The summed E-state index contributed by atoms with van der Waals surface area (Å²) in [6.45, 7) is 13.0. The van der Waals surface area contributed by atoms with Gasteiger partial charge in [0.2, 0.25) is 0 Å². The first-order valence-electron chi connectivity index (χ1n) is 9.19. The van der Waals surface area contributed by atoms with Gasteiger partial charge in [0.1, 0.15) is 0 Å². The summed E-state index contributed by atoms with van der Waals surface area (Å²) in [6, 6.07) is 0. The minimum Gasteiger partial charge on any atom is -0.466 e. The van der Waals surface area contributed by atoms with Gasteiger partial charge in [0.25, 0.3) is 0 Å². The highest BCUT2D eigenvalue weighted by Crippen LogP contribution is 2.33. The third-order valence-corrected chi connectivity index (χ3v) is 4.35. The highest BCUT2D eigenvalue weighted by atomic mass is 16.5. The Morgan fingerprint density at radius 3 is 1.96 bits per heavy atom. The molecule has 0 heterocycles. The van der Waals surface area contributed by atoms with Crippen LogP contribution in [0.15, 0.2) is 0 Å². The lowest BCUT2D eigenvalue weighted by atomic mass is 9.75. The van der Waals surface area contributed by atoms with Crippen molar-refractivity contribution in [1.82, 2.24) is 0 Å². The summed E-state index contributed by atoms with van der Waals surface area (Å²) in [5, 5.41) is 0. The lowest BCUT2D eigenvalue weighted by Gasteiger charge is -2.30. The van der Waals surface area contributed by atoms with Crippen LogP contribution >= 0.6 is 0 Å². The van der Waals surface area contributed by atoms with Gasteiger partial charge in [-0.15, -0.1) is 0 Å². The molecule has 0 aromatic rings. The molecule has 23 heavy (non-hydrogen) atoms. The Morgan fingerprint density at radius 2 is 1.48 bits per heavy atom. The SMILES string of the molecule is CCCC(C(C)CCC(C)C)C(CC(=O)OCC)C(=O)OCC. The van der Waals surface area contributed by atoms with Crippen LogP contribution in [0.1, 0.15) is 73.6 Å². The third kappa shape index (κ3) is 8.97. The summed E-state index contributed by atoms with van der Waals surface area (Å²) in [5.74, 6) is 0.253. The molecule has 0 aliphatic heterocycles. The van der Waals surface area contributed by atoms with E-state index in [1.807, 2.05) is 0 Å². The summed E-state index contributed by atoms with van der Waals surface area (Å²) in [5.41, 5.74) is 0. The average molecular weight is 328 g/mol. The van der Waals surface area contributed by atoms with Crippen molar-refractivity contribution in [3.05, 3.63) is 0 Å². The quantitative estimate of drug-likeness (QED) is 0.491. The minimum atomic E-state index is -0.392. The first kappa shape index (κ1) is 21.9. The summed E-state index contributed by atoms with van der Waals surface area (Å²) >= 11 is 0. The zero-order valence-electron chi connectivity index (χ0n) is 15.9. The molecule has 0 N–H and O–H groups in total. The number of hydrogen-bond donors (Lipinski definition) is 0. The van der Waals surface area contributed by atoms with Gasteiger partial charge in [-0.1, -0.05) is 47.0 Å². The van der Waals surface area contributed by atoms with E-state index in [1.165, 1.54) is 0 Å². The standard InChI is InChI=1S/C19H36O4/c1-7-10-16(15(6)12-11-14(4)5)17(19(21)23-9-3)13-18(20)22-8-2/h14-17H,7-13H2,1-6H3. The first-order valence-corrected chi connectivity index (χ1v) is 9.19. The maximum Gasteiger partial charge on any atom is 0.309 e. The Morgan fingerprint density at radius 1 is 0.870 bits per heavy atom. The van der Waals surface area contributed by atoms with Gasteiger partial charge >= 0.3 is 11.9 Å². The van der Waals surface area contributed by atoms with Crippen LogP contribution in [0.4, 0.5) is 0 Å². The molecule has 136 valence electrons. The molecule has 0 saturated heterocycles. The first-order chi connectivity index (χ1) is 10.9. The van der Waals surface area contributed by atoms with Crippen LogP contribution in [0.25, 0.3) is 0 Å². The van der Waals surface area contributed by atoms with E-state index in [2.05, 4.69) is 27.7 Å². The van der Waals surface area contributed by atoms with Crippen molar-refractivity contribution >= 4 is 11.9 Å². The summed E-state index contributed by atoms with van der Waals surface area (Å²) in [6.07, 6.45) is 4.26. The van der Waals surface area contributed by atoms with Gasteiger partial charge in [-0.2, -0.15) is 0 Å². The van der Waals surface area contributed by atoms with E-state index in [0.29, 0.717) is 25.0 Å². The van der Waals surface area contributed by atoms with Gasteiger partial charge in [0.15, 0.2) is 0 Å². The van der Waals surface area contributed by atoms with Crippen LogP contribution in [0.5, 0.6) is 0 Å². The maximum atomic E-state index is 12.4. The number of ether oxygens (including phenoxy) is 2. The smallest absolute Gasteiger partial charge is 0.309 e. The van der Waals surface area contributed by atoms with Crippen molar-refractivity contribution in [3.63, 3.8) is 0 Å². The summed E-state index contributed by atoms with van der Waals surface area (Å²) < 4.78 is 10.3. The largest absolute Gasteiger partial charge is 0.466 e. The molecule has 0 aliphatic carbocycles. The monoisotopic (exact) mass is 328 g/mol. The fourth-order valence-electron chi connectivity index (χ4n) is 3.08. The number of esters is 2. The lowest BCUT2D eigenvalue weighted by molar-refractivity contribution is -0.157. The van der Waals surface area contributed by atoms with Crippen LogP contribution in [0.3, 0.4) is 0 Å². The molecular weight excluding hydrogens is 292 g/mol. The molecule has 0 aromatic heterocycles. The second-order valence-electron chi connectivity index (χ2n) is 6.77. The molecule has 0 spiro atoms. The summed E-state index contributed by atoms with van der Waals surface area (Å²) in [7, 11) is 0. The van der Waals surface area contributed by atoms with Crippen LogP contribution < -0.4 is 0 Å². The second-order valence-corrected chi connectivity index (χ2v) is 6.77. The predicted octanol–water partition coefficient (Wildman–Crippen LogP) is 4.61. The van der Waals surface area contributed by atoms with Gasteiger partial charge in [-0.25, -0.2) is 0 Å². The van der Waals surface area contributed by atoms with Crippen LogP contribution in [0, 0.1) is 23.7 Å². The lowest BCUT2D eigenvalue weighted by Crippen LogP contribution is -2.32. The molecule has 4 nitrogen and oxygen atoms in total. The minimum absolute atomic E-state index is 0.128. The molecule has 0 fully saturated rings. The van der Waals surface area contributed by atoms with Gasteiger partial charge < -0.3 is 9.47 Å². The molecule has 0 bridgehead atoms. The Balaban J connectivity index is 5.12. The second kappa shape index (κ2) is 12.4. The zero-order valence-corrected chi connectivity index (χ0v) is 15.9. The van der Waals surface area contributed by atoms with E-state index in [1.54, 1.807) is 13.8 Å². The number of hydrogen-bond acceptors (Lipinski definition) is 4. The van der Waals surface area contributed by atoms with Crippen molar-refractivity contribution in [1.29, 1.82) is 0 Å². The molecule has 0 amide bonds. The molecule has 0 rings (SSSR count). The van der Waals surface area contributed by atoms with Crippen molar-refractivity contribution in [3.8, 4) is 0 Å². The molecule has 0 aliphatic rings. The van der Waals surface area contributed by atoms with E-state index in [0.717, 1.165) is 25.7 Å². The van der Waals surface area contributed by atoms with Crippen molar-refractivity contribution in [2.24, 2.45) is 23.7 Å². The number of rotatable bonds is 12. The maximum absolute atomic E-state index is 12.4. The van der Waals surface area contributed by atoms with Crippen LogP contribution in [0.2, 0.25) is 0 Å². The van der Waals surface area contributed by atoms with Gasteiger partial charge in [-0.3, -0.25) is 9.59 Å². The molecule has 0 aromatic carbocycles. The fourth-order valence-corrected chi connectivity index (χ4v) is 3.08. The van der Waals surface area contributed by atoms with Crippen molar-refractivity contribution in [2.45, 2.75) is 73.6 Å². The average Bonchev–Trinajstić information content (AvgIpc) is 2.48. The van der Waals surface area contributed by atoms with Crippen LogP contribution in [-0.2, 0) is 19.1 Å². The van der Waals surface area contributed by atoms with Crippen molar-refractivity contribution < 1.29 is 19.1 Å². The molecule has 0 radical (unpaired) electrons. The summed E-state index contributed by atoms with van der Waals surface area (Å²) in [4.78, 5) is 24.3. The van der Waals surface area contributed by atoms with E-state index >= 15 is 0 Å². The van der Waals surface area contributed by atoms with Gasteiger partial charge in [0, 0.05) is 0 Å². The number of carbonyl (C=O) groups excluding carboxylic acids is 2. The molecular formula is C19H36O4. The van der Waals surface area contributed by atoms with Gasteiger partial charge in [0.05, 0.1) is 25.6 Å². The molecule has 3 unspecified atom stereocenters. The predicted molar refractivity (Wildman–Crippen MR) is 93.0 cm³/mol. The molecule has 4 heteroatoms. The Labute approximate surface area is 142 Å². The fraction of sp³-hybridized carbons (Fsp3) is 0.895. The topological polar surface area (TPSA) is 52.6 Å². The highest BCUT2D eigenvalue weighted by Gasteiger charge is 2.34. The normalized spacial score (nSPS) is 15.1. The van der Waals surface area contributed by atoms with E-state index in [9.17, 15) is 9.59 Å². The number of carbonyl (C=O) groups is 2. The van der Waals surface area contributed by atoms with Gasteiger partial charge in [-0.05, 0) is 38.0 Å². The Hall–Kier alpha value is -1.06. The Kier molecular flexibility index (Phi) is 11.8. The third-order valence-electron chi connectivity index (χ3n) is 4.35. The van der Waals surface area contributed by atoms with E-state index < -0.39 is 5.92 Å². The highest BCUT2D eigenvalue weighted by molar-refractivity contribution is 5.80. The van der Waals surface area contributed by atoms with E-state index in [4.69, 9.17) is 9.47 Å². The molecule has 0 saturated carbocycles. The zero-order chi connectivity index (χ0) is 17.8. The van der Waals surface area contributed by atoms with Crippen molar-refractivity contribution in [2.75, 3.05) is 13.2 Å². The van der Waals surface area contributed by atoms with E-state index in [-0.39, 0.29) is 24.3 Å². The Bertz CT molecular complexity index is 338. The molecule has 3 atom stereocenters.